The molecule has 3 heteroatoms. The third kappa shape index (κ3) is 2.12. The molecule has 92 valence electrons. The van der Waals surface area contributed by atoms with E-state index in [-0.39, 0.29) is 0 Å². The van der Waals surface area contributed by atoms with E-state index in [1.165, 1.54) is 0 Å². The average Bonchev–Trinajstić information content (AvgIpc) is 2.69. The summed E-state index contributed by atoms with van der Waals surface area (Å²) in [6.07, 6.45) is 9.26. The fourth-order valence-electron chi connectivity index (χ4n) is 1.94. The Morgan fingerprint density at radius 2 is 2.28 bits per heavy atom. The van der Waals surface area contributed by atoms with Gasteiger partial charge < -0.3 is 4.42 Å². The Balaban J connectivity index is 2.73. The molecule has 2 aromatic rings. The molecule has 2 heterocycles. The second-order valence-electron chi connectivity index (χ2n) is 3.85. The van der Waals surface area contributed by atoms with Crippen LogP contribution in [0.5, 0.6) is 0 Å². The topological polar surface area (TPSA) is 26.0 Å². The molecule has 2 nitrogen and oxygen atoms in total. The Bertz CT molecular complexity index is 650. The lowest BCUT2D eigenvalue weighted by molar-refractivity contribution is 0.566. The van der Waals surface area contributed by atoms with Crippen LogP contribution in [0.25, 0.3) is 16.7 Å². The van der Waals surface area contributed by atoms with E-state index in [1.54, 1.807) is 18.3 Å². The van der Waals surface area contributed by atoms with Crippen molar-refractivity contribution < 1.29 is 4.42 Å². The fraction of sp³-hybridized carbons (Fsp3) is 0.133. The number of hydrogen-bond donors (Lipinski definition) is 0. The van der Waals surface area contributed by atoms with Gasteiger partial charge in [-0.2, -0.15) is 0 Å². The Labute approximate surface area is 111 Å². The van der Waals surface area contributed by atoms with Crippen LogP contribution in [-0.4, -0.2) is 4.98 Å². The van der Waals surface area contributed by atoms with Crippen LogP contribution in [0.3, 0.4) is 0 Å². The van der Waals surface area contributed by atoms with E-state index < -0.39 is 0 Å². The molecular formula is C15H14ClNO. The quantitative estimate of drug-likeness (QED) is 0.730. The zero-order valence-electron chi connectivity index (χ0n) is 10.4. The van der Waals surface area contributed by atoms with Crippen LogP contribution in [0.2, 0.25) is 5.02 Å². The van der Waals surface area contributed by atoms with Gasteiger partial charge in [-0.15, -0.1) is 0 Å². The molecule has 0 atom stereocenters. The summed E-state index contributed by atoms with van der Waals surface area (Å²) in [6, 6.07) is 1.77. The first kappa shape index (κ1) is 12.7. The second kappa shape index (κ2) is 5.23. The minimum absolute atomic E-state index is 0.571. The standard InChI is InChI=1S/C15H14ClNO/c1-4-6-7-11(5-2)13-10(3)18-15-14(13)12(16)8-9-17-15/h4-9H,1H2,2-3H3/b7-6-,11-5+. The van der Waals surface area contributed by atoms with Gasteiger partial charge in [-0.05, 0) is 25.5 Å². The van der Waals surface area contributed by atoms with Gasteiger partial charge in [-0.25, -0.2) is 4.98 Å². The maximum Gasteiger partial charge on any atom is 0.228 e. The zero-order valence-corrected chi connectivity index (χ0v) is 11.2. The Morgan fingerprint density at radius 3 is 2.94 bits per heavy atom. The minimum Gasteiger partial charge on any atom is -0.442 e. The lowest BCUT2D eigenvalue weighted by Gasteiger charge is -2.01. The van der Waals surface area contributed by atoms with Gasteiger partial charge in [-0.1, -0.05) is 42.5 Å². The van der Waals surface area contributed by atoms with Gasteiger partial charge >= 0.3 is 0 Å². The van der Waals surface area contributed by atoms with E-state index in [1.807, 2.05) is 32.1 Å². The summed E-state index contributed by atoms with van der Waals surface area (Å²) >= 11 is 6.24. The van der Waals surface area contributed by atoms with Crippen molar-refractivity contribution in [2.24, 2.45) is 0 Å². The van der Waals surface area contributed by atoms with Crippen molar-refractivity contribution in [2.75, 3.05) is 0 Å². The molecular weight excluding hydrogens is 246 g/mol. The number of nitrogens with zero attached hydrogens (tertiary/aromatic N) is 1. The van der Waals surface area contributed by atoms with Crippen LogP contribution in [0.1, 0.15) is 18.2 Å². The van der Waals surface area contributed by atoms with Crippen molar-refractivity contribution in [1.29, 1.82) is 0 Å². The van der Waals surface area contributed by atoms with Gasteiger partial charge in [0.25, 0.3) is 0 Å². The van der Waals surface area contributed by atoms with Gasteiger partial charge in [0, 0.05) is 11.8 Å². The van der Waals surface area contributed by atoms with E-state index in [2.05, 4.69) is 11.6 Å². The van der Waals surface area contributed by atoms with Gasteiger partial charge in [0.1, 0.15) is 5.76 Å². The highest BCUT2D eigenvalue weighted by molar-refractivity contribution is 6.36. The molecule has 2 rings (SSSR count). The first-order valence-electron chi connectivity index (χ1n) is 5.68. The summed E-state index contributed by atoms with van der Waals surface area (Å²) in [5.41, 5.74) is 2.60. The summed E-state index contributed by atoms with van der Waals surface area (Å²) in [4.78, 5) is 4.20. The molecule has 0 saturated carbocycles. The summed E-state index contributed by atoms with van der Waals surface area (Å²) in [5, 5.41) is 1.51. The number of rotatable bonds is 3. The number of fused-ring (bicyclic) bond motifs is 1. The number of furan rings is 1. The Kier molecular flexibility index (Phi) is 3.68. The van der Waals surface area contributed by atoms with Crippen LogP contribution < -0.4 is 0 Å². The molecule has 0 amide bonds. The molecule has 0 spiro atoms. The molecule has 0 N–H and O–H groups in total. The highest BCUT2D eigenvalue weighted by atomic mass is 35.5. The molecule has 2 aromatic heterocycles. The van der Waals surface area contributed by atoms with Crippen molar-refractivity contribution in [3.8, 4) is 0 Å². The van der Waals surface area contributed by atoms with Gasteiger partial charge in [0.2, 0.25) is 5.71 Å². The van der Waals surface area contributed by atoms with Crippen LogP contribution in [0, 0.1) is 6.92 Å². The van der Waals surface area contributed by atoms with E-state index >= 15 is 0 Å². The Hall–Kier alpha value is -1.80. The molecule has 0 unspecified atom stereocenters. The van der Waals surface area contributed by atoms with Crippen molar-refractivity contribution >= 4 is 28.3 Å². The smallest absolute Gasteiger partial charge is 0.228 e. The molecule has 0 aliphatic heterocycles. The van der Waals surface area contributed by atoms with E-state index in [0.29, 0.717) is 10.7 Å². The lowest BCUT2D eigenvalue weighted by Crippen LogP contribution is -1.83. The Morgan fingerprint density at radius 1 is 1.50 bits per heavy atom. The van der Waals surface area contributed by atoms with E-state index in [0.717, 1.165) is 22.3 Å². The van der Waals surface area contributed by atoms with Crippen LogP contribution in [0.4, 0.5) is 0 Å². The molecule has 0 fully saturated rings. The summed E-state index contributed by atoms with van der Waals surface area (Å²) in [7, 11) is 0. The molecule has 0 saturated heterocycles. The van der Waals surface area contributed by atoms with Crippen LogP contribution >= 0.6 is 11.6 Å². The molecule has 0 aliphatic carbocycles. The van der Waals surface area contributed by atoms with Crippen LogP contribution in [-0.2, 0) is 0 Å². The summed E-state index contributed by atoms with van der Waals surface area (Å²) in [5.74, 6) is 0.812. The average molecular weight is 260 g/mol. The number of aromatic nitrogens is 1. The monoisotopic (exact) mass is 259 g/mol. The van der Waals surface area contributed by atoms with Crippen molar-refractivity contribution in [3.05, 3.63) is 59.5 Å². The van der Waals surface area contributed by atoms with Gasteiger partial charge in [-0.3, -0.25) is 0 Å². The lowest BCUT2D eigenvalue weighted by atomic mass is 10.0. The highest BCUT2D eigenvalue weighted by Gasteiger charge is 2.16. The SMILES string of the molecule is C=C/C=C\C(=C/C)c1c(C)oc2nccc(Cl)c12. The number of halogens is 1. The predicted octanol–water partition coefficient (Wildman–Crippen LogP) is 4.94. The number of pyridine rings is 1. The maximum atomic E-state index is 6.24. The number of allylic oxidation sites excluding steroid dienone is 5. The first-order chi connectivity index (χ1) is 8.69. The summed E-state index contributed by atoms with van der Waals surface area (Å²) < 4.78 is 5.65. The molecule has 0 bridgehead atoms. The first-order valence-corrected chi connectivity index (χ1v) is 6.06. The molecule has 0 radical (unpaired) electrons. The molecule has 0 aliphatic rings. The zero-order chi connectivity index (χ0) is 13.1. The van der Waals surface area contributed by atoms with Crippen LogP contribution in [0.15, 0.2) is 47.6 Å². The normalized spacial score (nSPS) is 12.5. The highest BCUT2D eigenvalue weighted by Crippen LogP contribution is 2.35. The van der Waals surface area contributed by atoms with Gasteiger partial charge in [0.05, 0.1) is 10.4 Å². The minimum atomic E-state index is 0.571. The van der Waals surface area contributed by atoms with Gasteiger partial charge in [0.15, 0.2) is 0 Å². The fourth-order valence-corrected chi connectivity index (χ4v) is 2.17. The third-order valence-corrected chi connectivity index (χ3v) is 3.04. The second-order valence-corrected chi connectivity index (χ2v) is 4.25. The maximum absolute atomic E-state index is 6.24. The van der Waals surface area contributed by atoms with E-state index in [9.17, 15) is 0 Å². The molecule has 0 aromatic carbocycles. The molecule has 18 heavy (non-hydrogen) atoms. The summed E-state index contributed by atoms with van der Waals surface area (Å²) in [6.45, 7) is 7.57. The number of aryl methyl sites for hydroxylation is 1. The number of hydrogen-bond acceptors (Lipinski definition) is 2. The van der Waals surface area contributed by atoms with E-state index in [4.69, 9.17) is 16.0 Å². The van der Waals surface area contributed by atoms with Crippen molar-refractivity contribution in [1.82, 2.24) is 4.98 Å². The van der Waals surface area contributed by atoms with Crippen molar-refractivity contribution in [3.63, 3.8) is 0 Å². The largest absolute Gasteiger partial charge is 0.442 e. The third-order valence-electron chi connectivity index (χ3n) is 2.73. The predicted molar refractivity (Wildman–Crippen MR) is 76.7 cm³/mol. The van der Waals surface area contributed by atoms with Crippen molar-refractivity contribution in [2.45, 2.75) is 13.8 Å².